The Morgan fingerprint density at radius 2 is 1.93 bits per heavy atom. The van der Waals surface area contributed by atoms with Crippen molar-refractivity contribution >= 4 is 11.5 Å². The van der Waals surface area contributed by atoms with Crippen LogP contribution in [-0.2, 0) is 13.0 Å². The molecule has 0 saturated carbocycles. The van der Waals surface area contributed by atoms with E-state index >= 15 is 0 Å². The number of nitrogens with zero attached hydrogens (tertiary/aromatic N) is 2. The van der Waals surface area contributed by atoms with Crippen LogP contribution in [0.4, 0.5) is 0 Å². The molecule has 1 heterocycles. The lowest BCUT2D eigenvalue weighted by molar-refractivity contribution is 0.104. The summed E-state index contributed by atoms with van der Waals surface area (Å²) in [5.41, 5.74) is 5.43. The Balaban J connectivity index is 1.99. The number of ketones is 1. The van der Waals surface area contributed by atoms with Gasteiger partial charge in [0, 0.05) is 35.0 Å². The number of allylic oxidation sites excluding steroid dienone is 1. The van der Waals surface area contributed by atoms with Gasteiger partial charge in [-0.25, -0.2) is 0 Å². The van der Waals surface area contributed by atoms with Crippen molar-refractivity contribution in [1.82, 2.24) is 10.2 Å². The monoisotopic (exact) mass is 359 g/mol. The number of nitrogens with one attached hydrogen (secondary N) is 1. The summed E-state index contributed by atoms with van der Waals surface area (Å²) in [6, 6.07) is 15.4. The van der Waals surface area contributed by atoms with Gasteiger partial charge < -0.3 is 10.2 Å². The Bertz CT molecular complexity index is 931. The van der Waals surface area contributed by atoms with Crippen LogP contribution in [0.3, 0.4) is 0 Å². The summed E-state index contributed by atoms with van der Waals surface area (Å²) < 4.78 is 0. The molecule has 0 bridgehead atoms. The SMILES string of the molecule is CN(C)Cc1ccc2c(c1)/C(=C/C(=O)c1ccc(C#N)cc1)NC(C)(C)C2. The molecule has 0 saturated heterocycles. The zero-order chi connectivity index (χ0) is 19.6. The largest absolute Gasteiger partial charge is 0.379 e. The van der Waals surface area contributed by atoms with Crippen molar-refractivity contribution in [3.63, 3.8) is 0 Å². The zero-order valence-electron chi connectivity index (χ0n) is 16.3. The molecule has 0 aliphatic carbocycles. The fraction of sp³-hybridized carbons (Fsp3) is 0.304. The van der Waals surface area contributed by atoms with Gasteiger partial charge in [-0.2, -0.15) is 5.26 Å². The van der Waals surface area contributed by atoms with Gasteiger partial charge in [-0.3, -0.25) is 4.79 Å². The molecule has 1 N–H and O–H groups in total. The van der Waals surface area contributed by atoms with Crippen LogP contribution in [0, 0.1) is 11.3 Å². The molecule has 2 aromatic carbocycles. The Kier molecular flexibility index (Phi) is 5.16. The van der Waals surface area contributed by atoms with Crippen LogP contribution in [0.1, 0.15) is 46.5 Å². The predicted octanol–water partition coefficient (Wildman–Crippen LogP) is 3.77. The van der Waals surface area contributed by atoms with Crippen molar-refractivity contribution in [2.75, 3.05) is 14.1 Å². The molecule has 0 spiro atoms. The number of nitriles is 1. The number of fused-ring (bicyclic) bond motifs is 1. The first-order chi connectivity index (χ1) is 12.8. The molecule has 4 nitrogen and oxygen atoms in total. The highest BCUT2D eigenvalue weighted by atomic mass is 16.1. The molecule has 1 aliphatic heterocycles. The van der Waals surface area contributed by atoms with E-state index in [1.165, 1.54) is 11.1 Å². The Hall–Kier alpha value is -2.90. The third-order valence-corrected chi connectivity index (χ3v) is 4.64. The lowest BCUT2D eigenvalue weighted by atomic mass is 9.84. The molecule has 4 heteroatoms. The van der Waals surface area contributed by atoms with Gasteiger partial charge in [0.2, 0.25) is 0 Å². The van der Waals surface area contributed by atoms with Gasteiger partial charge in [0.15, 0.2) is 5.78 Å². The first kappa shape index (κ1) is 18.9. The van der Waals surface area contributed by atoms with Crippen molar-refractivity contribution in [2.45, 2.75) is 32.4 Å². The molecule has 1 aliphatic rings. The molecule has 3 rings (SSSR count). The second-order valence-corrected chi connectivity index (χ2v) is 8.03. The van der Waals surface area contributed by atoms with Crippen LogP contribution in [0.15, 0.2) is 48.5 Å². The quantitative estimate of drug-likeness (QED) is 0.667. The van der Waals surface area contributed by atoms with Crippen LogP contribution >= 0.6 is 0 Å². The highest BCUT2D eigenvalue weighted by Crippen LogP contribution is 2.31. The topological polar surface area (TPSA) is 56.1 Å². The summed E-state index contributed by atoms with van der Waals surface area (Å²) in [7, 11) is 4.10. The molecule has 0 atom stereocenters. The third-order valence-electron chi connectivity index (χ3n) is 4.64. The van der Waals surface area contributed by atoms with Crippen molar-refractivity contribution in [2.24, 2.45) is 0 Å². The standard InChI is InChI=1S/C23H25N3O/c1-23(2)13-19-10-7-17(15-26(3)4)11-20(19)21(25-23)12-22(27)18-8-5-16(14-24)6-9-18/h5-12,25H,13,15H2,1-4H3/b21-12-. The van der Waals surface area contributed by atoms with Gasteiger partial charge in [-0.15, -0.1) is 0 Å². The van der Waals surface area contributed by atoms with Crippen LogP contribution < -0.4 is 5.32 Å². The average Bonchev–Trinajstić information content (AvgIpc) is 2.61. The fourth-order valence-corrected chi connectivity index (χ4v) is 3.48. The molecule has 138 valence electrons. The number of carbonyl (C=O) groups excluding carboxylic acids is 1. The minimum Gasteiger partial charge on any atom is -0.379 e. The summed E-state index contributed by atoms with van der Waals surface area (Å²) in [6.07, 6.45) is 2.59. The van der Waals surface area contributed by atoms with E-state index in [1.54, 1.807) is 30.3 Å². The third kappa shape index (κ3) is 4.45. The number of rotatable bonds is 4. The van der Waals surface area contributed by atoms with Gasteiger partial charge in [0.05, 0.1) is 11.6 Å². The highest BCUT2D eigenvalue weighted by molar-refractivity contribution is 6.08. The van der Waals surface area contributed by atoms with E-state index < -0.39 is 0 Å². The molecular weight excluding hydrogens is 334 g/mol. The minimum absolute atomic E-state index is 0.0661. The Morgan fingerprint density at radius 3 is 2.56 bits per heavy atom. The van der Waals surface area contributed by atoms with Gasteiger partial charge >= 0.3 is 0 Å². The molecule has 0 fully saturated rings. The van der Waals surface area contributed by atoms with Crippen molar-refractivity contribution in [3.05, 3.63) is 76.4 Å². The summed E-state index contributed by atoms with van der Waals surface area (Å²) in [6.45, 7) is 5.14. The second-order valence-electron chi connectivity index (χ2n) is 8.03. The van der Waals surface area contributed by atoms with E-state index in [2.05, 4.69) is 48.3 Å². The maximum atomic E-state index is 12.8. The van der Waals surface area contributed by atoms with Crippen LogP contribution in [0.2, 0.25) is 0 Å². The van der Waals surface area contributed by atoms with E-state index in [1.807, 2.05) is 14.1 Å². The number of hydrogen-bond donors (Lipinski definition) is 1. The molecule has 2 aromatic rings. The normalized spacial score (nSPS) is 16.5. The van der Waals surface area contributed by atoms with Gasteiger partial charge in [-0.1, -0.05) is 12.1 Å². The molecule has 0 unspecified atom stereocenters. The van der Waals surface area contributed by atoms with E-state index in [0.717, 1.165) is 24.2 Å². The average molecular weight is 359 g/mol. The highest BCUT2D eigenvalue weighted by Gasteiger charge is 2.28. The number of benzene rings is 2. The number of carbonyl (C=O) groups is 1. The fourth-order valence-electron chi connectivity index (χ4n) is 3.48. The van der Waals surface area contributed by atoms with E-state index in [0.29, 0.717) is 11.1 Å². The van der Waals surface area contributed by atoms with E-state index in [9.17, 15) is 4.79 Å². The predicted molar refractivity (Wildman–Crippen MR) is 108 cm³/mol. The van der Waals surface area contributed by atoms with Crippen LogP contribution in [0.25, 0.3) is 5.70 Å². The Labute approximate surface area is 161 Å². The zero-order valence-corrected chi connectivity index (χ0v) is 16.3. The number of hydrogen-bond acceptors (Lipinski definition) is 4. The summed E-state index contributed by atoms with van der Waals surface area (Å²) in [4.78, 5) is 14.9. The van der Waals surface area contributed by atoms with Crippen LogP contribution in [-0.4, -0.2) is 30.3 Å². The van der Waals surface area contributed by atoms with Gasteiger partial charge in [0.25, 0.3) is 0 Å². The van der Waals surface area contributed by atoms with Gasteiger partial charge in [0.1, 0.15) is 0 Å². The summed E-state index contributed by atoms with van der Waals surface area (Å²) >= 11 is 0. The van der Waals surface area contributed by atoms with Gasteiger partial charge in [-0.05, 0) is 75.8 Å². The Morgan fingerprint density at radius 1 is 1.22 bits per heavy atom. The lowest BCUT2D eigenvalue weighted by Gasteiger charge is -2.36. The van der Waals surface area contributed by atoms with Crippen LogP contribution in [0.5, 0.6) is 0 Å². The first-order valence-corrected chi connectivity index (χ1v) is 9.09. The van der Waals surface area contributed by atoms with Crippen molar-refractivity contribution in [3.8, 4) is 6.07 Å². The first-order valence-electron chi connectivity index (χ1n) is 9.09. The smallest absolute Gasteiger partial charge is 0.187 e. The molecule has 27 heavy (non-hydrogen) atoms. The van der Waals surface area contributed by atoms with E-state index in [4.69, 9.17) is 5.26 Å². The minimum atomic E-state index is -0.118. The lowest BCUT2D eigenvalue weighted by Crippen LogP contribution is -2.44. The second kappa shape index (κ2) is 7.38. The van der Waals surface area contributed by atoms with Crippen molar-refractivity contribution < 1.29 is 4.79 Å². The molecule has 0 radical (unpaired) electrons. The summed E-state index contributed by atoms with van der Waals surface area (Å²) in [5, 5.41) is 12.5. The molecule has 0 aromatic heterocycles. The maximum Gasteiger partial charge on any atom is 0.187 e. The molecule has 0 amide bonds. The summed E-state index contributed by atoms with van der Waals surface area (Å²) in [5.74, 6) is -0.0661. The van der Waals surface area contributed by atoms with Crippen molar-refractivity contribution in [1.29, 1.82) is 5.26 Å². The maximum absolute atomic E-state index is 12.8. The molecular formula is C23H25N3O. The van der Waals surface area contributed by atoms with E-state index in [-0.39, 0.29) is 11.3 Å².